The topological polar surface area (TPSA) is 79.3 Å². The summed E-state index contributed by atoms with van der Waals surface area (Å²) in [5.41, 5.74) is 0.636. The second-order valence-electron chi connectivity index (χ2n) is 4.22. The summed E-state index contributed by atoms with van der Waals surface area (Å²) in [5.74, 6) is -3.84. The van der Waals surface area contributed by atoms with Gasteiger partial charge in [-0.3, -0.25) is 9.59 Å². The average molecular weight is 274 g/mol. The molecule has 1 saturated carbocycles. The van der Waals surface area contributed by atoms with Crippen LogP contribution < -0.4 is 5.32 Å². The van der Waals surface area contributed by atoms with E-state index in [9.17, 15) is 22.8 Å². The van der Waals surface area contributed by atoms with Crippen molar-refractivity contribution in [1.82, 2.24) is 4.98 Å². The molecule has 102 valence electrons. The lowest BCUT2D eigenvalue weighted by Gasteiger charge is -2.07. The number of nitrogens with one attached hydrogen (secondary N) is 1. The van der Waals surface area contributed by atoms with E-state index in [0.29, 0.717) is 12.0 Å². The fourth-order valence-corrected chi connectivity index (χ4v) is 1.72. The van der Waals surface area contributed by atoms with Gasteiger partial charge in [0.05, 0.1) is 5.92 Å². The number of carboxylic acid groups (broad SMARTS) is 1. The number of alkyl halides is 3. The maximum atomic E-state index is 12.0. The minimum absolute atomic E-state index is 0.155. The minimum atomic E-state index is -4.97. The van der Waals surface area contributed by atoms with Crippen molar-refractivity contribution in [2.45, 2.75) is 18.5 Å². The Bertz CT molecular complexity index is 513. The van der Waals surface area contributed by atoms with Crippen molar-refractivity contribution < 1.29 is 27.9 Å². The Hall–Kier alpha value is -2.12. The zero-order valence-electron chi connectivity index (χ0n) is 9.44. The Kier molecular flexibility index (Phi) is 3.17. The predicted octanol–water partition coefficient (Wildman–Crippen LogP) is 1.77. The smallest absolute Gasteiger partial charge is 0.471 e. The molecule has 1 fully saturated rings. The molecule has 8 heteroatoms. The highest BCUT2D eigenvalue weighted by atomic mass is 19.4. The van der Waals surface area contributed by atoms with Crippen molar-refractivity contribution in [3.8, 4) is 0 Å². The molecule has 0 bridgehead atoms. The van der Waals surface area contributed by atoms with E-state index in [4.69, 9.17) is 5.11 Å². The molecule has 0 radical (unpaired) electrons. The zero-order valence-corrected chi connectivity index (χ0v) is 9.44. The summed E-state index contributed by atoms with van der Waals surface area (Å²) in [5, 5.41) is 10.4. The van der Waals surface area contributed by atoms with Crippen LogP contribution in [0.3, 0.4) is 0 Å². The third-order valence-electron chi connectivity index (χ3n) is 2.82. The minimum Gasteiger partial charge on any atom is -0.481 e. The lowest BCUT2D eigenvalue weighted by Crippen LogP contribution is -2.30. The van der Waals surface area contributed by atoms with Gasteiger partial charge in [0.1, 0.15) is 5.82 Å². The summed E-state index contributed by atoms with van der Waals surface area (Å²) < 4.78 is 36.0. The van der Waals surface area contributed by atoms with Crippen LogP contribution in [0.5, 0.6) is 0 Å². The Morgan fingerprint density at radius 1 is 1.37 bits per heavy atom. The highest BCUT2D eigenvalue weighted by Crippen LogP contribution is 2.47. The molecule has 1 amide bonds. The van der Waals surface area contributed by atoms with E-state index in [1.165, 1.54) is 18.3 Å². The van der Waals surface area contributed by atoms with E-state index in [1.54, 1.807) is 5.32 Å². The van der Waals surface area contributed by atoms with Crippen LogP contribution in [0.1, 0.15) is 17.9 Å². The lowest BCUT2D eigenvalue weighted by molar-refractivity contribution is -0.167. The first-order valence-electron chi connectivity index (χ1n) is 5.36. The molecule has 1 heterocycles. The quantitative estimate of drug-likeness (QED) is 0.880. The van der Waals surface area contributed by atoms with E-state index in [0.717, 1.165) is 0 Å². The lowest BCUT2D eigenvalue weighted by atomic mass is 10.1. The van der Waals surface area contributed by atoms with Gasteiger partial charge < -0.3 is 10.4 Å². The number of amides is 1. The van der Waals surface area contributed by atoms with E-state index in [1.807, 2.05) is 0 Å². The molecular formula is C11H9F3N2O3. The van der Waals surface area contributed by atoms with E-state index < -0.39 is 24.0 Å². The number of carbonyl (C=O) groups is 2. The maximum Gasteiger partial charge on any atom is 0.471 e. The van der Waals surface area contributed by atoms with Crippen molar-refractivity contribution in [3.63, 3.8) is 0 Å². The number of aromatic nitrogens is 1. The molecule has 0 spiro atoms. The van der Waals surface area contributed by atoms with Crippen LogP contribution >= 0.6 is 0 Å². The molecule has 1 aliphatic rings. The normalized spacial score (nSPS) is 21.8. The third kappa shape index (κ3) is 3.01. The molecule has 0 aromatic carbocycles. The Balaban J connectivity index is 2.00. The van der Waals surface area contributed by atoms with Gasteiger partial charge >= 0.3 is 18.1 Å². The third-order valence-corrected chi connectivity index (χ3v) is 2.82. The molecule has 0 aliphatic heterocycles. The van der Waals surface area contributed by atoms with E-state index >= 15 is 0 Å². The maximum absolute atomic E-state index is 12.0. The number of hydrogen-bond acceptors (Lipinski definition) is 3. The number of nitrogens with zero attached hydrogens (tertiary/aromatic N) is 1. The largest absolute Gasteiger partial charge is 0.481 e. The summed E-state index contributed by atoms with van der Waals surface area (Å²) in [7, 11) is 0. The monoisotopic (exact) mass is 274 g/mol. The van der Waals surface area contributed by atoms with Crippen molar-refractivity contribution in [3.05, 3.63) is 23.9 Å². The molecule has 0 unspecified atom stereocenters. The van der Waals surface area contributed by atoms with Gasteiger partial charge in [-0.15, -0.1) is 0 Å². The van der Waals surface area contributed by atoms with Crippen LogP contribution in [-0.4, -0.2) is 28.1 Å². The van der Waals surface area contributed by atoms with Crippen LogP contribution in [0.25, 0.3) is 0 Å². The number of carboxylic acids is 1. The number of aliphatic carboxylic acids is 1. The summed E-state index contributed by atoms with van der Waals surface area (Å²) in [6.07, 6.45) is -3.20. The van der Waals surface area contributed by atoms with Crippen LogP contribution in [0.4, 0.5) is 19.0 Å². The molecule has 1 aliphatic carbocycles. The molecule has 2 N–H and O–H groups in total. The van der Waals surface area contributed by atoms with Crippen molar-refractivity contribution in [1.29, 1.82) is 0 Å². The number of anilines is 1. The second-order valence-corrected chi connectivity index (χ2v) is 4.22. The first kappa shape index (κ1) is 13.3. The average Bonchev–Trinajstić information content (AvgIpc) is 3.08. The fraction of sp³-hybridized carbons (Fsp3) is 0.364. The molecule has 2 atom stereocenters. The summed E-state index contributed by atoms with van der Waals surface area (Å²) in [6, 6.07) is 2.68. The van der Waals surface area contributed by atoms with Crippen LogP contribution in [0.2, 0.25) is 0 Å². The second kappa shape index (κ2) is 4.52. The Morgan fingerprint density at radius 3 is 2.47 bits per heavy atom. The van der Waals surface area contributed by atoms with Crippen molar-refractivity contribution in [2.75, 3.05) is 5.32 Å². The first-order valence-corrected chi connectivity index (χ1v) is 5.36. The van der Waals surface area contributed by atoms with Gasteiger partial charge in [-0.1, -0.05) is 6.07 Å². The van der Waals surface area contributed by atoms with Gasteiger partial charge in [0.15, 0.2) is 0 Å². The molecule has 2 rings (SSSR count). The van der Waals surface area contributed by atoms with Gasteiger partial charge in [0.25, 0.3) is 0 Å². The van der Waals surface area contributed by atoms with Gasteiger partial charge in [0.2, 0.25) is 0 Å². The van der Waals surface area contributed by atoms with Crippen molar-refractivity contribution in [2.24, 2.45) is 5.92 Å². The highest BCUT2D eigenvalue weighted by Gasteiger charge is 2.44. The van der Waals surface area contributed by atoms with Gasteiger partial charge in [-0.05, 0) is 24.0 Å². The van der Waals surface area contributed by atoms with Crippen LogP contribution in [-0.2, 0) is 9.59 Å². The summed E-state index contributed by atoms with van der Waals surface area (Å²) in [4.78, 5) is 25.0. The van der Waals surface area contributed by atoms with E-state index in [2.05, 4.69) is 4.98 Å². The summed E-state index contributed by atoms with van der Waals surface area (Å²) in [6.45, 7) is 0. The first-order chi connectivity index (χ1) is 8.79. The fourth-order valence-electron chi connectivity index (χ4n) is 1.72. The molecule has 19 heavy (non-hydrogen) atoms. The standard InChI is InChI=1S/C11H9F3N2O3/c12-11(13,14)10(19)16-8-2-1-5(4-15-8)6-3-7(6)9(17)18/h1-2,4,6-7H,3H2,(H,17,18)(H,15,16,19)/t6-,7+/m0/s1. The Labute approximate surface area is 105 Å². The zero-order chi connectivity index (χ0) is 14.2. The number of rotatable bonds is 3. The molecule has 1 aromatic rings. The Morgan fingerprint density at radius 2 is 2.05 bits per heavy atom. The van der Waals surface area contributed by atoms with Crippen molar-refractivity contribution >= 4 is 17.7 Å². The molecular weight excluding hydrogens is 265 g/mol. The van der Waals surface area contributed by atoms with Crippen LogP contribution in [0, 0.1) is 5.92 Å². The molecule has 0 saturated heterocycles. The summed E-state index contributed by atoms with van der Waals surface area (Å²) >= 11 is 0. The SMILES string of the molecule is O=C(O)[C@@H]1C[C@H]1c1ccc(NC(=O)C(F)(F)F)nc1. The molecule has 5 nitrogen and oxygen atoms in total. The van der Waals surface area contributed by atoms with E-state index in [-0.39, 0.29) is 11.7 Å². The highest BCUT2D eigenvalue weighted by molar-refractivity contribution is 5.94. The molecule has 1 aromatic heterocycles. The van der Waals surface area contributed by atoms with Gasteiger partial charge in [-0.25, -0.2) is 4.98 Å². The van der Waals surface area contributed by atoms with Gasteiger partial charge in [-0.2, -0.15) is 13.2 Å². The number of pyridine rings is 1. The predicted molar refractivity (Wildman–Crippen MR) is 57.4 cm³/mol. The number of carbonyl (C=O) groups excluding carboxylic acids is 1. The number of halogens is 3. The van der Waals surface area contributed by atoms with Crippen LogP contribution in [0.15, 0.2) is 18.3 Å². The van der Waals surface area contributed by atoms with Gasteiger partial charge in [0, 0.05) is 6.20 Å². The number of hydrogen-bond donors (Lipinski definition) is 2.